The molecule has 1 rings (SSSR count). The smallest absolute Gasteiger partial charge is 0.338 e. The van der Waals surface area contributed by atoms with Gasteiger partial charge in [-0.1, -0.05) is 32.6 Å². The predicted molar refractivity (Wildman–Crippen MR) is 84.7 cm³/mol. The Morgan fingerprint density at radius 1 is 1.15 bits per heavy atom. The molecule has 0 aromatic heterocycles. The average molecular weight is 298 g/mol. The van der Waals surface area contributed by atoms with E-state index in [1.54, 1.807) is 12.1 Å². The van der Waals surface area contributed by atoms with Crippen LogP contribution >= 0.6 is 11.6 Å². The lowest BCUT2D eigenvalue weighted by Crippen LogP contribution is -2.07. The summed E-state index contributed by atoms with van der Waals surface area (Å²) in [4.78, 5) is 11.6. The van der Waals surface area contributed by atoms with Crippen molar-refractivity contribution in [1.29, 1.82) is 0 Å². The van der Waals surface area contributed by atoms with E-state index in [0.717, 1.165) is 12.2 Å². The van der Waals surface area contributed by atoms with E-state index in [1.807, 2.05) is 12.1 Å². The van der Waals surface area contributed by atoms with Crippen molar-refractivity contribution in [3.8, 4) is 0 Å². The molecule has 20 heavy (non-hydrogen) atoms. The monoisotopic (exact) mass is 297 g/mol. The number of rotatable bonds is 10. The fourth-order valence-electron chi connectivity index (χ4n) is 1.90. The topological polar surface area (TPSA) is 38.3 Å². The predicted octanol–water partition coefficient (Wildman–Crippen LogP) is 4.46. The van der Waals surface area contributed by atoms with Crippen molar-refractivity contribution in [3.05, 3.63) is 29.8 Å². The summed E-state index contributed by atoms with van der Waals surface area (Å²) in [6.07, 6.45) is 6.35. The van der Waals surface area contributed by atoms with Gasteiger partial charge in [0.25, 0.3) is 0 Å². The molecule has 0 unspecified atom stereocenters. The van der Waals surface area contributed by atoms with Gasteiger partial charge in [0.15, 0.2) is 0 Å². The molecule has 1 aromatic carbocycles. The standard InChI is InChI=1S/C16H24ClNO2/c1-2-3-4-5-6-12-18-15-9-7-14(8-10-15)16(19)20-13-11-17/h7-10,18H,2-6,11-13H2,1H3. The van der Waals surface area contributed by atoms with Crippen molar-refractivity contribution in [2.75, 3.05) is 24.3 Å². The van der Waals surface area contributed by atoms with E-state index in [1.165, 1.54) is 32.1 Å². The molecule has 0 saturated heterocycles. The van der Waals surface area contributed by atoms with Gasteiger partial charge in [-0.05, 0) is 30.7 Å². The fraction of sp³-hybridized carbons (Fsp3) is 0.562. The molecule has 1 aromatic rings. The van der Waals surface area contributed by atoms with Crippen LogP contribution in [-0.4, -0.2) is 25.0 Å². The van der Waals surface area contributed by atoms with E-state index in [2.05, 4.69) is 12.2 Å². The first-order chi connectivity index (χ1) is 9.77. The highest BCUT2D eigenvalue weighted by Gasteiger charge is 2.05. The Balaban J connectivity index is 2.26. The van der Waals surface area contributed by atoms with Gasteiger partial charge in [0.2, 0.25) is 0 Å². The Hall–Kier alpha value is -1.22. The molecule has 0 atom stereocenters. The van der Waals surface area contributed by atoms with Crippen LogP contribution in [0.15, 0.2) is 24.3 Å². The van der Waals surface area contributed by atoms with E-state index < -0.39 is 0 Å². The van der Waals surface area contributed by atoms with Crippen LogP contribution in [0.1, 0.15) is 49.4 Å². The highest BCUT2D eigenvalue weighted by molar-refractivity contribution is 6.18. The van der Waals surface area contributed by atoms with Crippen molar-refractivity contribution in [3.63, 3.8) is 0 Å². The molecule has 0 aliphatic rings. The number of hydrogen-bond acceptors (Lipinski definition) is 3. The Kier molecular flexibility index (Phi) is 8.88. The first-order valence-corrected chi connectivity index (χ1v) is 7.88. The third-order valence-electron chi connectivity index (χ3n) is 3.04. The van der Waals surface area contributed by atoms with Crippen LogP contribution < -0.4 is 5.32 Å². The number of anilines is 1. The molecule has 0 saturated carbocycles. The molecule has 0 heterocycles. The number of carbonyl (C=O) groups excluding carboxylic acids is 1. The summed E-state index contributed by atoms with van der Waals surface area (Å²) in [6, 6.07) is 7.36. The second kappa shape index (κ2) is 10.6. The number of unbranched alkanes of at least 4 members (excludes halogenated alkanes) is 4. The summed E-state index contributed by atoms with van der Waals surface area (Å²) in [5, 5.41) is 3.36. The van der Waals surface area contributed by atoms with Crippen molar-refractivity contribution >= 4 is 23.3 Å². The number of benzene rings is 1. The molecule has 3 nitrogen and oxygen atoms in total. The number of alkyl halides is 1. The molecular weight excluding hydrogens is 274 g/mol. The normalized spacial score (nSPS) is 10.3. The minimum atomic E-state index is -0.322. The molecule has 0 amide bonds. The molecule has 0 spiro atoms. The maximum absolute atomic E-state index is 11.6. The summed E-state index contributed by atoms with van der Waals surface area (Å²) in [7, 11) is 0. The summed E-state index contributed by atoms with van der Waals surface area (Å²) in [6.45, 7) is 3.44. The zero-order valence-corrected chi connectivity index (χ0v) is 12.9. The highest BCUT2D eigenvalue weighted by atomic mass is 35.5. The van der Waals surface area contributed by atoms with Gasteiger partial charge in [-0.25, -0.2) is 4.79 Å². The second-order valence-corrected chi connectivity index (χ2v) is 5.12. The summed E-state index contributed by atoms with van der Waals surface area (Å²) >= 11 is 5.47. The lowest BCUT2D eigenvalue weighted by molar-refractivity contribution is 0.0529. The van der Waals surface area contributed by atoms with E-state index in [4.69, 9.17) is 16.3 Å². The largest absolute Gasteiger partial charge is 0.461 e. The van der Waals surface area contributed by atoms with Gasteiger partial charge in [0, 0.05) is 12.2 Å². The van der Waals surface area contributed by atoms with Crippen molar-refractivity contribution in [2.24, 2.45) is 0 Å². The molecular formula is C16H24ClNO2. The number of nitrogens with one attached hydrogen (secondary N) is 1. The third kappa shape index (κ3) is 6.80. The summed E-state index contributed by atoms with van der Waals surface area (Å²) in [5.41, 5.74) is 1.60. The van der Waals surface area contributed by atoms with Crippen LogP contribution in [0, 0.1) is 0 Å². The highest BCUT2D eigenvalue weighted by Crippen LogP contribution is 2.11. The van der Waals surface area contributed by atoms with Crippen LogP contribution in [-0.2, 0) is 4.74 Å². The van der Waals surface area contributed by atoms with E-state index in [9.17, 15) is 4.79 Å². The molecule has 0 aliphatic carbocycles. The van der Waals surface area contributed by atoms with Gasteiger partial charge < -0.3 is 10.1 Å². The summed E-state index contributed by atoms with van der Waals surface area (Å²) in [5.74, 6) is 0.000389. The Morgan fingerprint density at radius 3 is 2.50 bits per heavy atom. The van der Waals surface area contributed by atoms with Crippen LogP contribution in [0.2, 0.25) is 0 Å². The second-order valence-electron chi connectivity index (χ2n) is 4.74. The van der Waals surface area contributed by atoms with Crippen LogP contribution in [0.3, 0.4) is 0 Å². The Bertz CT molecular complexity index is 379. The van der Waals surface area contributed by atoms with Gasteiger partial charge >= 0.3 is 5.97 Å². The van der Waals surface area contributed by atoms with Crippen LogP contribution in [0.4, 0.5) is 5.69 Å². The molecule has 4 heteroatoms. The lowest BCUT2D eigenvalue weighted by atomic mass is 10.1. The lowest BCUT2D eigenvalue weighted by Gasteiger charge is -2.07. The quantitative estimate of drug-likeness (QED) is 0.393. The van der Waals surface area contributed by atoms with E-state index in [0.29, 0.717) is 11.4 Å². The Labute approximate surface area is 126 Å². The maximum Gasteiger partial charge on any atom is 0.338 e. The third-order valence-corrected chi connectivity index (χ3v) is 3.19. The fourth-order valence-corrected chi connectivity index (χ4v) is 1.98. The van der Waals surface area contributed by atoms with E-state index in [-0.39, 0.29) is 12.6 Å². The number of halogens is 1. The molecule has 0 radical (unpaired) electrons. The van der Waals surface area contributed by atoms with Crippen molar-refractivity contribution < 1.29 is 9.53 Å². The number of carbonyl (C=O) groups is 1. The minimum absolute atomic E-state index is 0.248. The summed E-state index contributed by atoms with van der Waals surface area (Å²) < 4.78 is 4.96. The number of esters is 1. The minimum Gasteiger partial charge on any atom is -0.461 e. The first-order valence-electron chi connectivity index (χ1n) is 7.35. The Morgan fingerprint density at radius 2 is 1.85 bits per heavy atom. The van der Waals surface area contributed by atoms with Gasteiger partial charge in [-0.2, -0.15) is 0 Å². The van der Waals surface area contributed by atoms with E-state index >= 15 is 0 Å². The molecule has 1 N–H and O–H groups in total. The van der Waals surface area contributed by atoms with Gasteiger partial charge in [-0.3, -0.25) is 0 Å². The molecule has 112 valence electrons. The molecule has 0 fully saturated rings. The van der Waals surface area contributed by atoms with Crippen LogP contribution in [0.25, 0.3) is 0 Å². The van der Waals surface area contributed by atoms with Crippen molar-refractivity contribution in [1.82, 2.24) is 0 Å². The molecule has 0 aliphatic heterocycles. The van der Waals surface area contributed by atoms with Crippen molar-refractivity contribution in [2.45, 2.75) is 39.0 Å². The van der Waals surface area contributed by atoms with Gasteiger partial charge in [-0.15, -0.1) is 11.6 Å². The first kappa shape index (κ1) is 16.8. The average Bonchev–Trinajstić information content (AvgIpc) is 2.49. The zero-order valence-electron chi connectivity index (χ0n) is 12.2. The van der Waals surface area contributed by atoms with Gasteiger partial charge in [0.05, 0.1) is 11.4 Å². The zero-order chi connectivity index (χ0) is 14.6. The van der Waals surface area contributed by atoms with Gasteiger partial charge in [0.1, 0.15) is 6.61 Å². The number of hydrogen-bond donors (Lipinski definition) is 1. The molecule has 0 bridgehead atoms. The SMILES string of the molecule is CCCCCCCNc1ccc(C(=O)OCCCl)cc1. The van der Waals surface area contributed by atoms with Crippen LogP contribution in [0.5, 0.6) is 0 Å². The maximum atomic E-state index is 11.6. The number of ether oxygens (including phenoxy) is 1.